The quantitative estimate of drug-likeness (QED) is 0.545. The average molecular weight is 294 g/mol. The van der Waals surface area contributed by atoms with Gasteiger partial charge < -0.3 is 14.2 Å². The molecule has 0 aromatic carbocycles. The number of hydrogen-bond donors (Lipinski definition) is 0. The van der Waals surface area contributed by atoms with Gasteiger partial charge in [-0.1, -0.05) is 36.3 Å². The lowest BCUT2D eigenvalue weighted by Gasteiger charge is -2.03. The zero-order valence-electron chi connectivity index (χ0n) is 10.4. The zero-order chi connectivity index (χ0) is 13.4. The lowest BCUT2D eigenvalue weighted by Crippen LogP contribution is -2.07. The third kappa shape index (κ3) is 4.80. The van der Waals surface area contributed by atoms with Crippen LogP contribution in [0.15, 0.2) is 0 Å². The van der Waals surface area contributed by atoms with Crippen molar-refractivity contribution in [2.24, 2.45) is 0 Å². The van der Waals surface area contributed by atoms with Gasteiger partial charge in [0.1, 0.15) is 6.61 Å². The van der Waals surface area contributed by atoms with E-state index in [0.29, 0.717) is 18.4 Å². The summed E-state index contributed by atoms with van der Waals surface area (Å²) in [6.07, 6.45) is 2.14. The molecule has 1 aromatic heterocycles. The van der Waals surface area contributed by atoms with Gasteiger partial charge in [-0.2, -0.15) is 4.98 Å². The lowest BCUT2D eigenvalue weighted by molar-refractivity contribution is 0.0606. The van der Waals surface area contributed by atoms with Gasteiger partial charge in [0.2, 0.25) is 0 Å². The molecule has 0 aliphatic heterocycles. The van der Waals surface area contributed by atoms with Crippen LogP contribution in [0, 0.1) is 0 Å². The van der Waals surface area contributed by atoms with Crippen molar-refractivity contribution in [3.8, 4) is 5.19 Å². The van der Waals surface area contributed by atoms with Crippen LogP contribution in [-0.2, 0) is 9.47 Å². The molecule has 1 heterocycles. The highest BCUT2D eigenvalue weighted by Gasteiger charge is 2.17. The number of methoxy groups -OCH3 is 1. The molecule has 0 radical (unpaired) electrons. The van der Waals surface area contributed by atoms with Crippen LogP contribution in [0.2, 0.25) is 5.15 Å². The molecule has 0 unspecified atom stereocenters. The third-order valence-electron chi connectivity index (χ3n) is 2.03. The maximum atomic E-state index is 11.3. The number of halogens is 1. The van der Waals surface area contributed by atoms with Crippen molar-refractivity contribution in [3.63, 3.8) is 0 Å². The number of aromatic nitrogens is 1. The predicted octanol–water partition coefficient (Wildman–Crippen LogP) is 2.78. The second-order valence-corrected chi connectivity index (χ2v) is 4.73. The SMILES string of the molecule is CCCCOCCOc1nc(Cl)c(C(=O)OC)s1. The first kappa shape index (κ1) is 15.2. The molecule has 0 saturated heterocycles. The number of rotatable bonds is 8. The number of unbranched alkanes of at least 4 members (excludes halogenated alkanes) is 1. The van der Waals surface area contributed by atoms with E-state index in [9.17, 15) is 4.79 Å². The Morgan fingerprint density at radius 3 is 2.83 bits per heavy atom. The fraction of sp³-hybridized carbons (Fsp3) is 0.636. The zero-order valence-corrected chi connectivity index (χ0v) is 12.0. The summed E-state index contributed by atoms with van der Waals surface area (Å²) >= 11 is 6.85. The Bertz CT molecular complexity index is 383. The molecule has 5 nitrogen and oxygen atoms in total. The molecule has 0 aliphatic rings. The van der Waals surface area contributed by atoms with Crippen molar-refractivity contribution < 1.29 is 19.0 Å². The maximum Gasteiger partial charge on any atom is 0.351 e. The molecule has 0 N–H and O–H groups in total. The minimum Gasteiger partial charge on any atom is -0.468 e. The molecule has 0 aliphatic carbocycles. The molecule has 1 aromatic rings. The van der Waals surface area contributed by atoms with Crippen molar-refractivity contribution in [1.82, 2.24) is 4.98 Å². The van der Waals surface area contributed by atoms with E-state index in [0.717, 1.165) is 30.8 Å². The Kier molecular flexibility index (Phi) is 7.00. The third-order valence-corrected chi connectivity index (χ3v) is 3.37. The summed E-state index contributed by atoms with van der Waals surface area (Å²) in [4.78, 5) is 15.4. The Morgan fingerprint density at radius 2 is 2.17 bits per heavy atom. The molecule has 0 saturated carbocycles. The molecule has 7 heteroatoms. The molecule has 102 valence electrons. The number of ether oxygens (including phenoxy) is 3. The Hall–Kier alpha value is -0.850. The molecule has 1 rings (SSSR count). The highest BCUT2D eigenvalue weighted by Crippen LogP contribution is 2.29. The Balaban J connectivity index is 2.33. The molecule has 18 heavy (non-hydrogen) atoms. The highest BCUT2D eigenvalue weighted by molar-refractivity contribution is 7.15. The van der Waals surface area contributed by atoms with Gasteiger partial charge in [-0.3, -0.25) is 0 Å². The monoisotopic (exact) mass is 293 g/mol. The summed E-state index contributed by atoms with van der Waals surface area (Å²) in [5, 5.41) is 0.452. The fourth-order valence-electron chi connectivity index (χ4n) is 1.10. The summed E-state index contributed by atoms with van der Waals surface area (Å²) in [7, 11) is 1.29. The number of nitrogens with zero attached hydrogens (tertiary/aromatic N) is 1. The van der Waals surface area contributed by atoms with E-state index in [1.807, 2.05) is 0 Å². The van der Waals surface area contributed by atoms with Gasteiger partial charge in [-0.25, -0.2) is 4.79 Å². The summed E-state index contributed by atoms with van der Waals surface area (Å²) < 4.78 is 15.2. The number of carbonyl (C=O) groups is 1. The standard InChI is InChI=1S/C11H16ClNO4S/c1-3-4-5-16-6-7-17-11-13-9(12)8(18-11)10(14)15-2/h3-7H2,1-2H3. The molecular weight excluding hydrogens is 278 g/mol. The molecule has 0 atom stereocenters. The first-order valence-electron chi connectivity index (χ1n) is 5.64. The smallest absolute Gasteiger partial charge is 0.351 e. The van der Waals surface area contributed by atoms with Crippen LogP contribution >= 0.6 is 22.9 Å². The van der Waals surface area contributed by atoms with Gasteiger partial charge in [0.15, 0.2) is 10.0 Å². The number of hydrogen-bond acceptors (Lipinski definition) is 6. The Morgan fingerprint density at radius 1 is 1.39 bits per heavy atom. The molecule has 0 bridgehead atoms. The van der Waals surface area contributed by atoms with Gasteiger partial charge in [0, 0.05) is 6.61 Å². The second-order valence-electron chi connectivity index (χ2n) is 3.41. The van der Waals surface area contributed by atoms with Crippen molar-refractivity contribution in [2.75, 3.05) is 26.9 Å². The van der Waals surface area contributed by atoms with E-state index in [-0.39, 0.29) is 10.0 Å². The van der Waals surface area contributed by atoms with E-state index in [1.165, 1.54) is 7.11 Å². The van der Waals surface area contributed by atoms with Gasteiger partial charge in [0.05, 0.1) is 13.7 Å². The molecule has 0 amide bonds. The number of carbonyl (C=O) groups excluding carboxylic acids is 1. The Labute approximate surface area is 115 Å². The van der Waals surface area contributed by atoms with Gasteiger partial charge in [-0.05, 0) is 6.42 Å². The van der Waals surface area contributed by atoms with Crippen LogP contribution in [0.3, 0.4) is 0 Å². The topological polar surface area (TPSA) is 57.7 Å². The van der Waals surface area contributed by atoms with E-state index in [4.69, 9.17) is 21.1 Å². The molecule has 0 spiro atoms. The van der Waals surface area contributed by atoms with E-state index < -0.39 is 5.97 Å². The van der Waals surface area contributed by atoms with Crippen LogP contribution < -0.4 is 4.74 Å². The van der Waals surface area contributed by atoms with Gasteiger partial charge >= 0.3 is 5.97 Å². The average Bonchev–Trinajstić information content (AvgIpc) is 2.74. The fourth-order valence-corrected chi connectivity index (χ4v) is 2.17. The normalized spacial score (nSPS) is 10.4. The first-order valence-corrected chi connectivity index (χ1v) is 6.83. The largest absolute Gasteiger partial charge is 0.468 e. The summed E-state index contributed by atoms with van der Waals surface area (Å²) in [6.45, 7) is 3.70. The summed E-state index contributed by atoms with van der Waals surface area (Å²) in [5.41, 5.74) is 0. The summed E-state index contributed by atoms with van der Waals surface area (Å²) in [6, 6.07) is 0. The van der Waals surface area contributed by atoms with E-state index >= 15 is 0 Å². The van der Waals surface area contributed by atoms with Crippen LogP contribution in [0.5, 0.6) is 5.19 Å². The second kappa shape index (κ2) is 8.29. The van der Waals surface area contributed by atoms with Crippen molar-refractivity contribution in [1.29, 1.82) is 0 Å². The van der Waals surface area contributed by atoms with E-state index in [1.54, 1.807) is 0 Å². The molecular formula is C11H16ClNO4S. The minimum atomic E-state index is -0.508. The van der Waals surface area contributed by atoms with E-state index in [2.05, 4.69) is 16.6 Å². The predicted molar refractivity (Wildman–Crippen MR) is 69.7 cm³/mol. The van der Waals surface area contributed by atoms with Crippen molar-refractivity contribution in [2.45, 2.75) is 19.8 Å². The minimum absolute atomic E-state index is 0.105. The number of thiazole rings is 1. The van der Waals surface area contributed by atoms with Gasteiger partial charge in [0.25, 0.3) is 5.19 Å². The first-order chi connectivity index (χ1) is 8.69. The maximum absolute atomic E-state index is 11.3. The lowest BCUT2D eigenvalue weighted by atomic mass is 10.4. The summed E-state index contributed by atoms with van der Waals surface area (Å²) in [5.74, 6) is -0.508. The van der Waals surface area contributed by atoms with Crippen LogP contribution in [-0.4, -0.2) is 37.9 Å². The van der Waals surface area contributed by atoms with Crippen LogP contribution in [0.4, 0.5) is 0 Å². The molecule has 0 fully saturated rings. The van der Waals surface area contributed by atoms with Crippen molar-refractivity contribution >= 4 is 28.9 Å². The highest BCUT2D eigenvalue weighted by atomic mass is 35.5. The van der Waals surface area contributed by atoms with Crippen LogP contribution in [0.25, 0.3) is 0 Å². The van der Waals surface area contributed by atoms with Gasteiger partial charge in [-0.15, -0.1) is 0 Å². The van der Waals surface area contributed by atoms with Crippen molar-refractivity contribution in [3.05, 3.63) is 10.0 Å². The van der Waals surface area contributed by atoms with Crippen LogP contribution in [0.1, 0.15) is 29.4 Å². The number of esters is 1.